The van der Waals surface area contributed by atoms with E-state index in [9.17, 15) is 0 Å². The summed E-state index contributed by atoms with van der Waals surface area (Å²) >= 11 is 0.000576. The number of unbranched alkanes of at least 4 members (excludes halogenated alkanes) is 1. The summed E-state index contributed by atoms with van der Waals surface area (Å²) in [6.07, 6.45) is 2.66. The van der Waals surface area contributed by atoms with Crippen molar-refractivity contribution in [2.75, 3.05) is 5.73 Å². The van der Waals surface area contributed by atoms with E-state index in [-0.39, 0.29) is 20.9 Å². The Kier molecular flexibility index (Phi) is 4.50. The number of nitrogen functional groups attached to an aromatic ring is 1. The Morgan fingerprint density at radius 3 is 2.75 bits per heavy atom. The zero-order chi connectivity index (χ0) is 8.81. The molecule has 0 aliphatic carbocycles. The fraction of sp³-hybridized carbons (Fsp3) is 0.400. The van der Waals surface area contributed by atoms with Crippen LogP contribution in [0.15, 0.2) is 24.3 Å². The summed E-state index contributed by atoms with van der Waals surface area (Å²) in [6, 6.07) is 8.27. The van der Waals surface area contributed by atoms with Crippen molar-refractivity contribution in [3.05, 3.63) is 24.3 Å². The molecule has 1 nitrogen and oxygen atoms in total. The number of nitrogens with two attached hydrogens (primary N) is 1. The summed E-state index contributed by atoms with van der Waals surface area (Å²) < 4.78 is 2.81. The Balaban J connectivity index is 2.46. The van der Waals surface area contributed by atoms with Crippen LogP contribution in [0.4, 0.5) is 5.69 Å². The van der Waals surface area contributed by atoms with Gasteiger partial charge in [0.25, 0.3) is 0 Å². The van der Waals surface area contributed by atoms with Crippen molar-refractivity contribution in [1.82, 2.24) is 0 Å². The average molecular weight is 277 g/mol. The van der Waals surface area contributed by atoms with Crippen LogP contribution < -0.4 is 9.35 Å². The van der Waals surface area contributed by atoms with Gasteiger partial charge in [0.1, 0.15) is 0 Å². The molecule has 0 aliphatic heterocycles. The van der Waals surface area contributed by atoms with E-state index in [1.165, 1.54) is 20.9 Å². The van der Waals surface area contributed by atoms with E-state index in [0.717, 1.165) is 5.69 Å². The van der Waals surface area contributed by atoms with E-state index < -0.39 is 0 Å². The molecule has 2 N–H and O–H groups in total. The SMILES string of the molecule is CCCC[Te]c1ccccc1N. The maximum atomic E-state index is 5.84. The van der Waals surface area contributed by atoms with Gasteiger partial charge in [-0.25, -0.2) is 0 Å². The first-order valence-corrected chi connectivity index (χ1v) is 7.13. The zero-order valence-electron chi connectivity index (χ0n) is 7.42. The third-order valence-electron chi connectivity index (χ3n) is 1.67. The van der Waals surface area contributed by atoms with Gasteiger partial charge in [0, 0.05) is 0 Å². The minimum atomic E-state index is 0.000576. The van der Waals surface area contributed by atoms with Crippen molar-refractivity contribution < 1.29 is 0 Å². The van der Waals surface area contributed by atoms with E-state index in [4.69, 9.17) is 5.73 Å². The molecule has 0 saturated carbocycles. The standard InChI is InChI=1S/C10H15NTe/c1-2-3-8-12-10-7-5-4-6-9(10)11/h4-7H,2-3,8,11H2,1H3. The minimum absolute atomic E-state index is 0.000576. The van der Waals surface area contributed by atoms with Crippen molar-refractivity contribution in [2.24, 2.45) is 0 Å². The molecule has 0 aromatic heterocycles. The number of rotatable bonds is 4. The topological polar surface area (TPSA) is 26.0 Å². The first-order chi connectivity index (χ1) is 5.84. The number of benzene rings is 1. The summed E-state index contributed by atoms with van der Waals surface area (Å²) in [7, 11) is 0. The second-order valence-corrected chi connectivity index (χ2v) is 5.98. The second-order valence-electron chi connectivity index (χ2n) is 2.74. The third-order valence-corrected chi connectivity index (χ3v) is 5.03. The predicted molar refractivity (Wildman–Crippen MR) is 56.0 cm³/mol. The summed E-state index contributed by atoms with van der Waals surface area (Å²) in [6.45, 7) is 2.24. The molecule has 66 valence electrons. The van der Waals surface area contributed by atoms with Crippen molar-refractivity contribution in [2.45, 2.75) is 24.2 Å². The molecule has 0 unspecified atom stereocenters. The van der Waals surface area contributed by atoms with Crippen LogP contribution in [0.1, 0.15) is 19.8 Å². The summed E-state index contributed by atoms with van der Waals surface area (Å²) in [4.78, 5) is 0. The molecule has 0 amide bonds. The van der Waals surface area contributed by atoms with Crippen LogP contribution in [-0.2, 0) is 0 Å². The third kappa shape index (κ3) is 3.05. The van der Waals surface area contributed by atoms with Gasteiger partial charge in [-0.1, -0.05) is 0 Å². The van der Waals surface area contributed by atoms with Gasteiger partial charge in [-0.2, -0.15) is 0 Å². The van der Waals surface area contributed by atoms with Crippen LogP contribution >= 0.6 is 0 Å². The van der Waals surface area contributed by atoms with E-state index in [1.54, 1.807) is 0 Å². The molecule has 0 bridgehead atoms. The quantitative estimate of drug-likeness (QED) is 0.507. The number of hydrogen-bond donors (Lipinski definition) is 1. The molecule has 0 radical (unpaired) electrons. The van der Waals surface area contributed by atoms with Crippen LogP contribution in [0.25, 0.3) is 0 Å². The monoisotopic (exact) mass is 279 g/mol. The van der Waals surface area contributed by atoms with E-state index in [1.807, 2.05) is 12.1 Å². The van der Waals surface area contributed by atoms with Crippen LogP contribution in [-0.4, -0.2) is 20.9 Å². The predicted octanol–water partition coefficient (Wildman–Crippen LogP) is 1.82. The molecule has 0 saturated heterocycles. The Labute approximate surface area is 84.4 Å². The first-order valence-electron chi connectivity index (χ1n) is 4.32. The molecule has 0 heterocycles. The molecule has 0 fully saturated rings. The number of hydrogen-bond acceptors (Lipinski definition) is 1. The molecule has 0 aliphatic rings. The molecule has 2 heteroatoms. The molecule has 1 aromatic carbocycles. The molecule has 0 atom stereocenters. The summed E-state index contributed by atoms with van der Waals surface area (Å²) in [5, 5.41) is 0. The second kappa shape index (κ2) is 5.45. The van der Waals surface area contributed by atoms with Crippen molar-refractivity contribution in [3.63, 3.8) is 0 Å². The van der Waals surface area contributed by atoms with Gasteiger partial charge in [0.15, 0.2) is 0 Å². The van der Waals surface area contributed by atoms with E-state index in [2.05, 4.69) is 19.1 Å². The Morgan fingerprint density at radius 2 is 2.08 bits per heavy atom. The van der Waals surface area contributed by atoms with Gasteiger partial charge in [-0.05, 0) is 0 Å². The van der Waals surface area contributed by atoms with E-state index >= 15 is 0 Å². The molecular weight excluding hydrogens is 262 g/mol. The number of anilines is 1. The summed E-state index contributed by atoms with van der Waals surface area (Å²) in [5.41, 5.74) is 6.83. The van der Waals surface area contributed by atoms with Crippen molar-refractivity contribution in [3.8, 4) is 0 Å². The normalized spacial score (nSPS) is 10.1. The van der Waals surface area contributed by atoms with Gasteiger partial charge in [0.2, 0.25) is 0 Å². The van der Waals surface area contributed by atoms with E-state index in [0.29, 0.717) is 0 Å². The van der Waals surface area contributed by atoms with Gasteiger partial charge in [0.05, 0.1) is 0 Å². The van der Waals surface area contributed by atoms with Crippen LogP contribution in [0.3, 0.4) is 0 Å². The van der Waals surface area contributed by atoms with Gasteiger partial charge in [-0.3, -0.25) is 0 Å². The Hall–Kier alpha value is -0.190. The molecule has 1 aromatic rings. The van der Waals surface area contributed by atoms with Crippen molar-refractivity contribution >= 4 is 30.2 Å². The van der Waals surface area contributed by atoms with Crippen LogP contribution in [0, 0.1) is 0 Å². The van der Waals surface area contributed by atoms with Gasteiger partial charge >= 0.3 is 84.5 Å². The zero-order valence-corrected chi connectivity index (χ0v) is 9.75. The fourth-order valence-electron chi connectivity index (χ4n) is 0.938. The fourth-order valence-corrected chi connectivity index (χ4v) is 3.97. The molecule has 12 heavy (non-hydrogen) atoms. The van der Waals surface area contributed by atoms with Gasteiger partial charge in [-0.15, -0.1) is 0 Å². The van der Waals surface area contributed by atoms with Crippen LogP contribution in [0.5, 0.6) is 0 Å². The Morgan fingerprint density at radius 1 is 1.33 bits per heavy atom. The summed E-state index contributed by atoms with van der Waals surface area (Å²) in [5.74, 6) is 0. The molecular formula is C10H15NTe. The molecule has 0 spiro atoms. The maximum absolute atomic E-state index is 5.84. The van der Waals surface area contributed by atoms with Crippen LogP contribution in [0.2, 0.25) is 4.47 Å². The van der Waals surface area contributed by atoms with Crippen molar-refractivity contribution in [1.29, 1.82) is 0 Å². The Bertz CT molecular complexity index is 235. The van der Waals surface area contributed by atoms with Gasteiger partial charge < -0.3 is 0 Å². The average Bonchev–Trinajstić information content (AvgIpc) is 2.09. The first kappa shape index (κ1) is 9.89. The molecule has 1 rings (SSSR count). The number of para-hydroxylation sites is 1.